The summed E-state index contributed by atoms with van der Waals surface area (Å²) < 4.78 is 43.1. The molecule has 1 aromatic carbocycles. The van der Waals surface area contributed by atoms with Crippen LogP contribution >= 0.6 is 0 Å². The molecule has 0 radical (unpaired) electrons. The highest BCUT2D eigenvalue weighted by Gasteiger charge is 2.44. The first-order valence-corrected chi connectivity index (χ1v) is 12.0. The van der Waals surface area contributed by atoms with Gasteiger partial charge in [-0.3, -0.25) is 0 Å². The molecule has 186 valence electrons. The molecule has 0 unspecified atom stereocenters. The lowest BCUT2D eigenvalue weighted by Gasteiger charge is -2.35. The zero-order chi connectivity index (χ0) is 24.6. The van der Waals surface area contributed by atoms with E-state index in [1.807, 2.05) is 18.2 Å². The normalized spacial score (nSPS) is 21.9. The van der Waals surface area contributed by atoms with Crippen LogP contribution < -0.4 is 10.6 Å². The first kappa shape index (κ1) is 23.4. The molecule has 0 bridgehead atoms. The second-order valence-corrected chi connectivity index (χ2v) is 9.89. The molecular weight excluding hydrogens is 455 g/mol. The molecule has 5 rings (SSSR count). The van der Waals surface area contributed by atoms with Crippen molar-refractivity contribution in [2.75, 3.05) is 36.8 Å². The van der Waals surface area contributed by atoms with Gasteiger partial charge in [-0.05, 0) is 49.3 Å². The zero-order valence-corrected chi connectivity index (χ0v) is 19.6. The number of piperidine rings is 2. The molecule has 2 saturated heterocycles. The average Bonchev–Trinajstić information content (AvgIpc) is 3.42. The van der Waals surface area contributed by atoms with Crippen molar-refractivity contribution >= 4 is 29.6 Å². The van der Waals surface area contributed by atoms with Gasteiger partial charge in [0.2, 0.25) is 0 Å². The molecule has 3 heterocycles. The number of alkyl halides is 2. The lowest BCUT2D eigenvalue weighted by atomic mass is 9.93. The molecule has 1 saturated carbocycles. The van der Waals surface area contributed by atoms with Crippen molar-refractivity contribution in [1.29, 1.82) is 5.41 Å². The highest BCUT2D eigenvalue weighted by Crippen LogP contribution is 2.54. The first-order chi connectivity index (χ1) is 16.8. The number of hydrogen-bond acceptors (Lipinski definition) is 5. The summed E-state index contributed by atoms with van der Waals surface area (Å²) in [6.45, 7) is 2.19. The SMILES string of the molecule is N=C/C(F)=C(\N=CN1CCC(F)(F)CC1)c1cnn(-c2ccc(N)cc2N2CCC3(CC2)CC3)c1. The minimum atomic E-state index is -2.67. The Morgan fingerprint density at radius 1 is 1.03 bits per heavy atom. The Balaban J connectivity index is 1.39. The molecule has 35 heavy (non-hydrogen) atoms. The smallest absolute Gasteiger partial charge is 0.251 e. The van der Waals surface area contributed by atoms with Crippen LogP contribution in [0.4, 0.5) is 24.5 Å². The fourth-order valence-electron chi connectivity index (χ4n) is 4.91. The summed E-state index contributed by atoms with van der Waals surface area (Å²) in [6, 6.07) is 5.66. The predicted octanol–water partition coefficient (Wildman–Crippen LogP) is 4.88. The van der Waals surface area contributed by atoms with Crippen molar-refractivity contribution in [2.24, 2.45) is 10.4 Å². The van der Waals surface area contributed by atoms with Gasteiger partial charge < -0.3 is 20.9 Å². The predicted molar refractivity (Wildman–Crippen MR) is 132 cm³/mol. The molecule has 1 aliphatic carbocycles. The van der Waals surface area contributed by atoms with Gasteiger partial charge in [0.1, 0.15) is 5.70 Å². The second kappa shape index (κ2) is 9.05. The van der Waals surface area contributed by atoms with Crippen LogP contribution in [0.15, 0.2) is 41.4 Å². The van der Waals surface area contributed by atoms with Gasteiger partial charge in [-0.15, -0.1) is 0 Å². The molecule has 10 heteroatoms. The van der Waals surface area contributed by atoms with Crippen molar-refractivity contribution in [1.82, 2.24) is 14.7 Å². The van der Waals surface area contributed by atoms with Crippen molar-refractivity contribution in [3.63, 3.8) is 0 Å². The van der Waals surface area contributed by atoms with E-state index >= 15 is 0 Å². The van der Waals surface area contributed by atoms with Gasteiger partial charge in [0.25, 0.3) is 5.92 Å². The van der Waals surface area contributed by atoms with E-state index in [-0.39, 0.29) is 31.6 Å². The van der Waals surface area contributed by atoms with E-state index in [9.17, 15) is 13.2 Å². The van der Waals surface area contributed by atoms with Crippen LogP contribution in [0.2, 0.25) is 0 Å². The van der Waals surface area contributed by atoms with Crippen LogP contribution in [0.1, 0.15) is 44.1 Å². The maximum absolute atomic E-state index is 14.6. The van der Waals surface area contributed by atoms with E-state index in [1.54, 1.807) is 15.8 Å². The van der Waals surface area contributed by atoms with Crippen LogP contribution in [-0.4, -0.2) is 59.3 Å². The Hall–Kier alpha value is -3.30. The second-order valence-electron chi connectivity index (χ2n) is 9.89. The summed E-state index contributed by atoms with van der Waals surface area (Å²) >= 11 is 0. The van der Waals surface area contributed by atoms with E-state index in [0.717, 1.165) is 24.5 Å². The summed E-state index contributed by atoms with van der Waals surface area (Å²) in [4.78, 5) is 8.19. The summed E-state index contributed by atoms with van der Waals surface area (Å²) in [6.07, 6.45) is 9.58. The number of halogens is 3. The minimum absolute atomic E-state index is 0.0609. The van der Waals surface area contributed by atoms with E-state index in [1.165, 1.54) is 38.2 Å². The fourth-order valence-corrected chi connectivity index (χ4v) is 4.91. The number of allylic oxidation sites excluding steroid dienone is 1. The molecule has 3 aliphatic rings. The van der Waals surface area contributed by atoms with Crippen LogP contribution in [0, 0.1) is 10.8 Å². The lowest BCUT2D eigenvalue weighted by Crippen LogP contribution is -2.38. The maximum Gasteiger partial charge on any atom is 0.251 e. The number of nitrogens with one attached hydrogen (secondary N) is 1. The van der Waals surface area contributed by atoms with Crippen LogP contribution in [-0.2, 0) is 0 Å². The van der Waals surface area contributed by atoms with Gasteiger partial charge in [-0.1, -0.05) is 0 Å². The third kappa shape index (κ3) is 5.06. The number of hydrogen-bond donors (Lipinski definition) is 2. The number of nitrogens with zero attached hydrogens (tertiary/aromatic N) is 5. The number of nitrogens with two attached hydrogens (primary N) is 1. The lowest BCUT2D eigenvalue weighted by molar-refractivity contribution is -0.0427. The van der Waals surface area contributed by atoms with Gasteiger partial charge in [0.15, 0.2) is 5.83 Å². The number of anilines is 2. The Labute approximate surface area is 202 Å². The molecular formula is C25H30F3N7. The highest BCUT2D eigenvalue weighted by molar-refractivity contribution is 5.88. The average molecular weight is 486 g/mol. The Kier molecular flexibility index (Phi) is 6.06. The largest absolute Gasteiger partial charge is 0.399 e. The molecule has 7 nitrogen and oxygen atoms in total. The number of aliphatic imine (C=N–C) groups is 1. The summed E-state index contributed by atoms with van der Waals surface area (Å²) in [7, 11) is 0. The number of nitrogen functional groups attached to an aromatic ring is 1. The summed E-state index contributed by atoms with van der Waals surface area (Å²) in [5, 5.41) is 11.8. The fraction of sp³-hybridized carbons (Fsp3) is 0.480. The molecule has 1 aromatic heterocycles. The van der Waals surface area contributed by atoms with E-state index < -0.39 is 11.7 Å². The molecule has 3 N–H and O–H groups in total. The Morgan fingerprint density at radius 2 is 1.74 bits per heavy atom. The van der Waals surface area contributed by atoms with Gasteiger partial charge in [0, 0.05) is 56.5 Å². The molecule has 2 aromatic rings. The molecule has 0 atom stereocenters. The maximum atomic E-state index is 14.6. The highest BCUT2D eigenvalue weighted by atomic mass is 19.3. The van der Waals surface area contributed by atoms with E-state index in [2.05, 4.69) is 15.0 Å². The topological polar surface area (TPSA) is 86.5 Å². The summed E-state index contributed by atoms with van der Waals surface area (Å²) in [5.74, 6) is -3.50. The first-order valence-electron chi connectivity index (χ1n) is 12.0. The van der Waals surface area contributed by atoms with Gasteiger partial charge in [-0.2, -0.15) is 5.10 Å². The number of likely N-dealkylation sites (tertiary alicyclic amines) is 1. The van der Waals surface area contributed by atoms with Gasteiger partial charge >= 0.3 is 0 Å². The Bertz CT molecular complexity index is 1150. The molecule has 1 spiro atoms. The molecule has 0 amide bonds. The number of benzene rings is 1. The third-order valence-corrected chi connectivity index (χ3v) is 7.46. The van der Waals surface area contributed by atoms with E-state index in [0.29, 0.717) is 22.9 Å². The number of aromatic nitrogens is 2. The van der Waals surface area contributed by atoms with Crippen molar-refractivity contribution in [2.45, 2.75) is 44.4 Å². The Morgan fingerprint density at radius 3 is 2.40 bits per heavy atom. The van der Waals surface area contributed by atoms with Crippen molar-refractivity contribution < 1.29 is 13.2 Å². The molecule has 2 aliphatic heterocycles. The third-order valence-electron chi connectivity index (χ3n) is 7.46. The van der Waals surface area contributed by atoms with E-state index in [4.69, 9.17) is 11.1 Å². The quantitative estimate of drug-likeness (QED) is 0.347. The number of rotatable bonds is 6. The van der Waals surface area contributed by atoms with Gasteiger partial charge in [0.05, 0.1) is 30.1 Å². The van der Waals surface area contributed by atoms with Crippen molar-refractivity contribution in [3.05, 3.63) is 42.0 Å². The molecule has 3 fully saturated rings. The minimum Gasteiger partial charge on any atom is -0.399 e. The standard InChI is InChI=1S/C25H30F3N7/c26-20(14-29)23(31-17-33-9-7-25(27,28)8-10-33)18-15-32-35(16-18)21-2-1-19(30)13-22(21)34-11-5-24(3-4-24)6-12-34/h1-2,13-17,29H,3-12,30H2/b23-20+,29-14?,31-17?. The van der Waals surface area contributed by atoms with Gasteiger partial charge in [-0.25, -0.2) is 22.8 Å². The zero-order valence-electron chi connectivity index (χ0n) is 19.6. The van der Waals surface area contributed by atoms with Crippen LogP contribution in [0.25, 0.3) is 11.4 Å². The monoisotopic (exact) mass is 485 g/mol. The van der Waals surface area contributed by atoms with Crippen LogP contribution in [0.3, 0.4) is 0 Å². The summed E-state index contributed by atoms with van der Waals surface area (Å²) in [5.41, 5.74) is 9.45. The van der Waals surface area contributed by atoms with Crippen LogP contribution in [0.5, 0.6) is 0 Å². The van der Waals surface area contributed by atoms with Crippen molar-refractivity contribution in [3.8, 4) is 5.69 Å².